The summed E-state index contributed by atoms with van der Waals surface area (Å²) >= 11 is 6.14. The van der Waals surface area contributed by atoms with Gasteiger partial charge in [0.1, 0.15) is 0 Å². The molecule has 0 radical (unpaired) electrons. The van der Waals surface area contributed by atoms with Crippen molar-refractivity contribution in [2.75, 3.05) is 20.2 Å². The molecule has 1 saturated heterocycles. The molecule has 0 aliphatic carbocycles. The maximum Gasteiger partial charge on any atom is 0.310 e. The predicted octanol–water partition coefficient (Wildman–Crippen LogP) is 2.24. The Morgan fingerprint density at radius 3 is 2.76 bits per heavy atom. The summed E-state index contributed by atoms with van der Waals surface area (Å²) in [4.78, 5) is 11.6. The molecule has 0 unspecified atom stereocenters. The summed E-state index contributed by atoms with van der Waals surface area (Å²) in [5, 5.41) is 3.92. The molecule has 1 aromatic carbocycles. The first-order valence-electron chi connectivity index (χ1n) is 5.27. The van der Waals surface area contributed by atoms with Crippen molar-refractivity contribution < 1.29 is 9.53 Å². The molecule has 17 heavy (non-hydrogen) atoms. The van der Waals surface area contributed by atoms with Crippen molar-refractivity contribution in [3.05, 3.63) is 34.9 Å². The lowest BCUT2D eigenvalue weighted by molar-refractivity contribution is -0.145. The van der Waals surface area contributed by atoms with Gasteiger partial charge >= 0.3 is 5.97 Å². The van der Waals surface area contributed by atoms with Crippen LogP contribution in [0.4, 0.5) is 0 Å². The van der Waals surface area contributed by atoms with E-state index in [0.29, 0.717) is 11.6 Å². The number of methoxy groups -OCH3 is 1. The van der Waals surface area contributed by atoms with Crippen molar-refractivity contribution in [3.63, 3.8) is 0 Å². The van der Waals surface area contributed by atoms with Crippen molar-refractivity contribution >= 4 is 30.0 Å². The first kappa shape index (κ1) is 14.3. The molecule has 5 heteroatoms. The van der Waals surface area contributed by atoms with Crippen LogP contribution in [0.1, 0.15) is 11.5 Å². The second kappa shape index (κ2) is 6.24. The first-order valence-corrected chi connectivity index (χ1v) is 5.65. The maximum absolute atomic E-state index is 11.6. The average Bonchev–Trinajstić information content (AvgIpc) is 2.77. The molecule has 1 heterocycles. The minimum atomic E-state index is -0.171. The zero-order chi connectivity index (χ0) is 11.5. The van der Waals surface area contributed by atoms with Crippen LogP contribution in [0.2, 0.25) is 5.02 Å². The molecule has 94 valence electrons. The van der Waals surface area contributed by atoms with Crippen LogP contribution in [-0.2, 0) is 9.53 Å². The molecular weight excluding hydrogens is 261 g/mol. The van der Waals surface area contributed by atoms with Gasteiger partial charge in [0.15, 0.2) is 0 Å². The fraction of sp³-hybridized carbons (Fsp3) is 0.417. The van der Waals surface area contributed by atoms with Crippen LogP contribution in [0.3, 0.4) is 0 Å². The number of ether oxygens (including phenoxy) is 1. The minimum Gasteiger partial charge on any atom is -0.469 e. The van der Waals surface area contributed by atoms with Crippen LogP contribution in [0.25, 0.3) is 0 Å². The summed E-state index contributed by atoms with van der Waals surface area (Å²) in [6.07, 6.45) is 0. The van der Waals surface area contributed by atoms with Gasteiger partial charge in [0, 0.05) is 24.0 Å². The van der Waals surface area contributed by atoms with Gasteiger partial charge in [-0.15, -0.1) is 12.4 Å². The molecule has 2 atom stereocenters. The molecule has 1 aromatic rings. The number of hydrogen-bond acceptors (Lipinski definition) is 3. The molecule has 1 aliphatic heterocycles. The topological polar surface area (TPSA) is 38.3 Å². The van der Waals surface area contributed by atoms with Crippen molar-refractivity contribution in [2.45, 2.75) is 5.92 Å². The number of benzene rings is 1. The number of carbonyl (C=O) groups excluding carboxylic acids is 1. The number of rotatable bonds is 2. The standard InChI is InChI=1S/C12H14ClNO2.ClH/c1-16-12(15)10-7-14-6-9(10)8-4-2-3-5-11(8)13;/h2-5,9-10,14H,6-7H2,1H3;1H/t9-,10-;/m1./s1. The molecule has 1 fully saturated rings. The molecule has 1 aliphatic rings. The van der Waals surface area contributed by atoms with Crippen molar-refractivity contribution in [1.82, 2.24) is 5.32 Å². The summed E-state index contributed by atoms with van der Waals surface area (Å²) in [5.41, 5.74) is 1.02. The maximum atomic E-state index is 11.6. The largest absolute Gasteiger partial charge is 0.469 e. The second-order valence-electron chi connectivity index (χ2n) is 3.92. The van der Waals surface area contributed by atoms with E-state index < -0.39 is 0 Å². The average molecular weight is 276 g/mol. The third-order valence-electron chi connectivity index (χ3n) is 3.02. The molecular formula is C12H15Cl2NO2. The fourth-order valence-corrected chi connectivity index (χ4v) is 2.46. The first-order chi connectivity index (χ1) is 7.74. The zero-order valence-corrected chi connectivity index (χ0v) is 11.1. The Morgan fingerprint density at radius 1 is 1.41 bits per heavy atom. The highest BCUT2D eigenvalue weighted by Crippen LogP contribution is 2.33. The van der Waals surface area contributed by atoms with Crippen LogP contribution in [0.15, 0.2) is 24.3 Å². The lowest BCUT2D eigenvalue weighted by Gasteiger charge is -2.17. The molecule has 0 aromatic heterocycles. The van der Waals surface area contributed by atoms with E-state index in [9.17, 15) is 4.79 Å². The Bertz CT molecular complexity index is 398. The lowest BCUT2D eigenvalue weighted by atomic mass is 9.89. The van der Waals surface area contributed by atoms with E-state index in [1.54, 1.807) is 0 Å². The van der Waals surface area contributed by atoms with Crippen LogP contribution in [-0.4, -0.2) is 26.2 Å². The van der Waals surface area contributed by atoms with Gasteiger partial charge in [0.05, 0.1) is 13.0 Å². The second-order valence-corrected chi connectivity index (χ2v) is 4.32. The predicted molar refractivity (Wildman–Crippen MR) is 69.8 cm³/mol. The SMILES string of the molecule is COC(=O)[C@@H]1CNC[C@@H]1c1ccccc1Cl.Cl. The van der Waals surface area contributed by atoms with E-state index in [4.69, 9.17) is 16.3 Å². The molecule has 0 saturated carbocycles. The molecule has 1 N–H and O–H groups in total. The van der Waals surface area contributed by atoms with Crippen LogP contribution in [0.5, 0.6) is 0 Å². The molecule has 0 amide bonds. The highest BCUT2D eigenvalue weighted by atomic mass is 35.5. The van der Waals surface area contributed by atoms with Gasteiger partial charge in [0.2, 0.25) is 0 Å². The van der Waals surface area contributed by atoms with Gasteiger partial charge < -0.3 is 10.1 Å². The highest BCUT2D eigenvalue weighted by molar-refractivity contribution is 6.31. The smallest absolute Gasteiger partial charge is 0.310 e. The molecule has 3 nitrogen and oxygen atoms in total. The molecule has 0 bridgehead atoms. The summed E-state index contributed by atoms with van der Waals surface area (Å²) < 4.78 is 4.80. The fourth-order valence-electron chi connectivity index (χ4n) is 2.18. The number of halogens is 2. The zero-order valence-electron chi connectivity index (χ0n) is 9.48. The van der Waals surface area contributed by atoms with Gasteiger partial charge in [-0.2, -0.15) is 0 Å². The highest BCUT2D eigenvalue weighted by Gasteiger charge is 2.35. The third kappa shape index (κ3) is 2.92. The summed E-state index contributed by atoms with van der Waals surface area (Å²) in [7, 11) is 1.42. The van der Waals surface area contributed by atoms with Crippen LogP contribution in [0, 0.1) is 5.92 Å². The van der Waals surface area contributed by atoms with Crippen molar-refractivity contribution in [3.8, 4) is 0 Å². The Morgan fingerprint density at radius 2 is 2.12 bits per heavy atom. The summed E-state index contributed by atoms with van der Waals surface area (Å²) in [6, 6.07) is 7.65. The third-order valence-corrected chi connectivity index (χ3v) is 3.37. The number of carbonyl (C=O) groups is 1. The Hall–Kier alpha value is -0.770. The quantitative estimate of drug-likeness (QED) is 0.842. The Kier molecular flexibility index (Phi) is 5.25. The van der Waals surface area contributed by atoms with Crippen LogP contribution < -0.4 is 5.32 Å². The van der Waals surface area contributed by atoms with E-state index in [1.807, 2.05) is 24.3 Å². The lowest BCUT2D eigenvalue weighted by Crippen LogP contribution is -2.23. The van der Waals surface area contributed by atoms with E-state index >= 15 is 0 Å². The Labute approximate surface area is 112 Å². The van der Waals surface area contributed by atoms with Gasteiger partial charge in [0.25, 0.3) is 0 Å². The van der Waals surface area contributed by atoms with Crippen molar-refractivity contribution in [1.29, 1.82) is 0 Å². The van der Waals surface area contributed by atoms with Gasteiger partial charge in [-0.05, 0) is 11.6 Å². The molecule has 0 spiro atoms. The van der Waals surface area contributed by atoms with E-state index in [1.165, 1.54) is 7.11 Å². The van der Waals surface area contributed by atoms with E-state index in [0.717, 1.165) is 12.1 Å². The number of nitrogens with one attached hydrogen (secondary N) is 1. The molecule has 2 rings (SSSR count). The number of hydrogen-bond donors (Lipinski definition) is 1. The van der Waals surface area contributed by atoms with Gasteiger partial charge in [-0.25, -0.2) is 0 Å². The van der Waals surface area contributed by atoms with E-state index in [2.05, 4.69) is 5.32 Å². The van der Waals surface area contributed by atoms with E-state index in [-0.39, 0.29) is 30.2 Å². The number of esters is 1. The monoisotopic (exact) mass is 275 g/mol. The van der Waals surface area contributed by atoms with Crippen molar-refractivity contribution in [2.24, 2.45) is 5.92 Å². The summed E-state index contributed by atoms with van der Waals surface area (Å²) in [5.74, 6) is -0.194. The van der Waals surface area contributed by atoms with Gasteiger partial charge in [-0.3, -0.25) is 4.79 Å². The normalized spacial score (nSPS) is 22.9. The van der Waals surface area contributed by atoms with Crippen LogP contribution >= 0.6 is 24.0 Å². The van der Waals surface area contributed by atoms with Gasteiger partial charge in [-0.1, -0.05) is 29.8 Å². The Balaban J connectivity index is 0.00000144. The minimum absolute atomic E-state index is 0. The summed E-state index contributed by atoms with van der Waals surface area (Å²) in [6.45, 7) is 1.42.